The van der Waals surface area contributed by atoms with Gasteiger partial charge in [0.15, 0.2) is 0 Å². The number of aliphatic hydroxyl groups is 1. The van der Waals surface area contributed by atoms with E-state index in [1.54, 1.807) is 6.07 Å². The molecule has 1 aromatic rings. The van der Waals surface area contributed by atoms with Gasteiger partial charge in [-0.3, -0.25) is 0 Å². The molecule has 0 aromatic heterocycles. The average molecular weight is 300 g/mol. The predicted molar refractivity (Wildman–Crippen MR) is 69.1 cm³/mol. The van der Waals surface area contributed by atoms with Gasteiger partial charge in [-0.2, -0.15) is 0 Å². The summed E-state index contributed by atoms with van der Waals surface area (Å²) >= 11 is 3.23. The van der Waals surface area contributed by atoms with E-state index in [2.05, 4.69) is 21.2 Å². The van der Waals surface area contributed by atoms with Crippen molar-refractivity contribution in [3.63, 3.8) is 0 Å². The van der Waals surface area contributed by atoms with Gasteiger partial charge in [0.05, 0.1) is 0 Å². The van der Waals surface area contributed by atoms with Crippen LogP contribution in [0.15, 0.2) is 34.8 Å². The van der Waals surface area contributed by atoms with Crippen LogP contribution in [0.1, 0.15) is 12.0 Å². The summed E-state index contributed by atoms with van der Waals surface area (Å²) in [5.74, 6) is 0.0369. The number of hydrogen-bond acceptors (Lipinski definition) is 2. The summed E-state index contributed by atoms with van der Waals surface area (Å²) in [4.78, 5) is 0. The van der Waals surface area contributed by atoms with Crippen LogP contribution in [-0.2, 0) is 6.54 Å². The van der Waals surface area contributed by atoms with E-state index >= 15 is 0 Å². The molecule has 2 atom stereocenters. The summed E-state index contributed by atoms with van der Waals surface area (Å²) < 4.78 is 14.3. The molecule has 4 heteroatoms. The van der Waals surface area contributed by atoms with Gasteiger partial charge in [0.25, 0.3) is 0 Å². The van der Waals surface area contributed by atoms with Crippen LogP contribution in [0.4, 0.5) is 4.39 Å². The number of rotatable bonds is 4. The highest BCUT2D eigenvalue weighted by Crippen LogP contribution is 2.19. The molecular weight excluding hydrogens is 285 g/mol. The summed E-state index contributed by atoms with van der Waals surface area (Å²) in [7, 11) is 0. The standard InChI is InChI=1S/C13H15BrFNO/c14-11-3-2-10(13(15)6-11)7-16-12-4-1-9(5-12)8-17/h1-4,6,9,12,16-17H,5,7-8H2/t9-,12+/m0/s1. The lowest BCUT2D eigenvalue weighted by molar-refractivity contribution is 0.246. The maximum absolute atomic E-state index is 13.5. The zero-order chi connectivity index (χ0) is 12.3. The van der Waals surface area contributed by atoms with Crippen molar-refractivity contribution in [1.82, 2.24) is 5.32 Å². The van der Waals surface area contributed by atoms with Crippen molar-refractivity contribution in [1.29, 1.82) is 0 Å². The van der Waals surface area contributed by atoms with E-state index in [9.17, 15) is 4.39 Å². The molecule has 0 aliphatic heterocycles. The molecule has 2 N–H and O–H groups in total. The first-order valence-corrected chi connectivity index (χ1v) is 6.45. The SMILES string of the molecule is OC[C@H]1C=C[C@@H](NCc2ccc(Br)cc2F)C1. The first-order valence-electron chi connectivity index (χ1n) is 5.65. The summed E-state index contributed by atoms with van der Waals surface area (Å²) in [5.41, 5.74) is 0.661. The lowest BCUT2D eigenvalue weighted by atomic mass is 10.1. The summed E-state index contributed by atoms with van der Waals surface area (Å²) in [6.45, 7) is 0.688. The normalized spacial score (nSPS) is 23.2. The maximum Gasteiger partial charge on any atom is 0.128 e. The summed E-state index contributed by atoms with van der Waals surface area (Å²) in [5, 5.41) is 12.3. The van der Waals surface area contributed by atoms with Crippen LogP contribution in [0.3, 0.4) is 0 Å². The highest BCUT2D eigenvalue weighted by molar-refractivity contribution is 9.10. The van der Waals surface area contributed by atoms with Gasteiger partial charge in [0, 0.05) is 35.1 Å². The minimum Gasteiger partial charge on any atom is -0.396 e. The van der Waals surface area contributed by atoms with Crippen molar-refractivity contribution >= 4 is 15.9 Å². The number of hydrogen-bond donors (Lipinski definition) is 2. The molecule has 92 valence electrons. The quantitative estimate of drug-likeness (QED) is 0.838. The van der Waals surface area contributed by atoms with Crippen molar-refractivity contribution < 1.29 is 9.50 Å². The molecule has 0 saturated carbocycles. The van der Waals surface area contributed by atoms with E-state index in [1.807, 2.05) is 18.2 Å². The zero-order valence-electron chi connectivity index (χ0n) is 9.37. The first kappa shape index (κ1) is 12.7. The molecule has 2 nitrogen and oxygen atoms in total. The summed E-state index contributed by atoms with van der Waals surface area (Å²) in [6.07, 6.45) is 4.93. The van der Waals surface area contributed by atoms with Crippen LogP contribution < -0.4 is 5.32 Å². The van der Waals surface area contributed by atoms with Crippen LogP contribution in [0.2, 0.25) is 0 Å². The zero-order valence-corrected chi connectivity index (χ0v) is 11.0. The molecule has 0 bridgehead atoms. The molecule has 0 spiro atoms. The Morgan fingerprint density at radius 1 is 1.41 bits per heavy atom. The monoisotopic (exact) mass is 299 g/mol. The smallest absolute Gasteiger partial charge is 0.128 e. The molecule has 1 aromatic carbocycles. The van der Waals surface area contributed by atoms with Crippen molar-refractivity contribution in [2.75, 3.05) is 6.61 Å². The number of halogens is 2. The largest absolute Gasteiger partial charge is 0.396 e. The third kappa shape index (κ3) is 3.37. The third-order valence-corrected chi connectivity index (χ3v) is 3.47. The minimum atomic E-state index is -0.201. The lowest BCUT2D eigenvalue weighted by Crippen LogP contribution is -2.26. The van der Waals surface area contributed by atoms with Gasteiger partial charge in [-0.05, 0) is 18.6 Å². The fourth-order valence-corrected chi connectivity index (χ4v) is 2.30. The van der Waals surface area contributed by atoms with Crippen molar-refractivity contribution in [3.8, 4) is 0 Å². The van der Waals surface area contributed by atoms with E-state index in [0.717, 1.165) is 10.9 Å². The molecule has 1 aliphatic rings. The third-order valence-electron chi connectivity index (χ3n) is 2.98. The first-order chi connectivity index (χ1) is 8.19. The van der Waals surface area contributed by atoms with Crippen LogP contribution in [-0.4, -0.2) is 17.8 Å². The fraction of sp³-hybridized carbons (Fsp3) is 0.385. The minimum absolute atomic E-state index is 0.182. The molecule has 17 heavy (non-hydrogen) atoms. The predicted octanol–water partition coefficient (Wildman–Crippen LogP) is 2.61. The molecule has 0 fully saturated rings. The van der Waals surface area contributed by atoms with Gasteiger partial charge < -0.3 is 10.4 Å². The lowest BCUT2D eigenvalue weighted by Gasteiger charge is -2.13. The summed E-state index contributed by atoms with van der Waals surface area (Å²) in [6, 6.07) is 5.31. The Bertz CT molecular complexity index is 422. The van der Waals surface area contributed by atoms with Gasteiger partial charge in [0.2, 0.25) is 0 Å². The Labute approximate surface area is 109 Å². The van der Waals surface area contributed by atoms with Crippen LogP contribution in [0.25, 0.3) is 0 Å². The second kappa shape index (κ2) is 5.76. The highest BCUT2D eigenvalue weighted by atomic mass is 79.9. The van der Waals surface area contributed by atoms with E-state index in [0.29, 0.717) is 12.1 Å². The van der Waals surface area contributed by atoms with Gasteiger partial charge >= 0.3 is 0 Å². The number of nitrogens with one attached hydrogen (secondary N) is 1. The Morgan fingerprint density at radius 3 is 2.88 bits per heavy atom. The molecular formula is C13H15BrFNO. The molecule has 0 amide bonds. The highest BCUT2D eigenvalue weighted by Gasteiger charge is 2.17. The average Bonchev–Trinajstić information content (AvgIpc) is 2.76. The molecule has 2 rings (SSSR count). The maximum atomic E-state index is 13.5. The van der Waals surface area contributed by atoms with Gasteiger partial charge in [0.1, 0.15) is 5.82 Å². The Morgan fingerprint density at radius 2 is 2.24 bits per heavy atom. The van der Waals surface area contributed by atoms with Crippen molar-refractivity contribution in [2.24, 2.45) is 5.92 Å². The molecule has 1 aliphatic carbocycles. The van der Waals surface area contributed by atoms with E-state index < -0.39 is 0 Å². The number of aliphatic hydroxyl groups excluding tert-OH is 1. The Kier molecular flexibility index (Phi) is 4.31. The molecule has 0 radical (unpaired) electrons. The van der Waals surface area contributed by atoms with Gasteiger partial charge in [-0.25, -0.2) is 4.39 Å². The van der Waals surface area contributed by atoms with Crippen molar-refractivity contribution in [2.45, 2.75) is 19.0 Å². The fourth-order valence-electron chi connectivity index (χ4n) is 1.97. The topological polar surface area (TPSA) is 32.3 Å². The van der Waals surface area contributed by atoms with E-state index in [1.165, 1.54) is 6.07 Å². The molecule has 0 heterocycles. The second-order valence-electron chi connectivity index (χ2n) is 4.29. The molecule has 0 saturated heterocycles. The Hall–Kier alpha value is -0.710. The van der Waals surface area contributed by atoms with E-state index in [-0.39, 0.29) is 24.4 Å². The van der Waals surface area contributed by atoms with Gasteiger partial charge in [-0.15, -0.1) is 0 Å². The van der Waals surface area contributed by atoms with Crippen LogP contribution in [0.5, 0.6) is 0 Å². The van der Waals surface area contributed by atoms with E-state index in [4.69, 9.17) is 5.11 Å². The van der Waals surface area contributed by atoms with Gasteiger partial charge in [-0.1, -0.05) is 34.1 Å². The number of benzene rings is 1. The second-order valence-corrected chi connectivity index (χ2v) is 5.20. The van der Waals surface area contributed by atoms with Crippen LogP contribution in [0, 0.1) is 11.7 Å². The Balaban J connectivity index is 1.88. The molecule has 0 unspecified atom stereocenters. The van der Waals surface area contributed by atoms with Crippen molar-refractivity contribution in [3.05, 3.63) is 46.2 Å². The van der Waals surface area contributed by atoms with Crippen LogP contribution >= 0.6 is 15.9 Å².